The second kappa shape index (κ2) is 79.6. The molecule has 0 bridgehead atoms. The van der Waals surface area contributed by atoms with E-state index in [0.717, 1.165) is 210 Å². The van der Waals surface area contributed by atoms with Crippen molar-refractivity contribution >= 4 is 123 Å². The average Bonchev–Trinajstić information content (AvgIpc) is 0.863. The quantitative estimate of drug-likeness (QED) is 0.0174. The highest BCUT2D eigenvalue weighted by Gasteiger charge is 2.23. The molecule has 0 saturated heterocycles. The molecule has 0 aromatic heterocycles. The molecule has 7 aromatic rings. The Bertz CT molecular complexity index is 4850. The molecule has 0 aliphatic heterocycles. The van der Waals surface area contributed by atoms with E-state index in [0.29, 0.717) is 103 Å². The zero-order valence-corrected chi connectivity index (χ0v) is 88.4. The Hall–Kier alpha value is -12.9. The molecule has 0 unspecified atom stereocenters. The van der Waals surface area contributed by atoms with Crippen LogP contribution in [0.3, 0.4) is 0 Å². The predicted molar refractivity (Wildman–Crippen MR) is 578 cm³/mol. The fourth-order valence-corrected chi connectivity index (χ4v) is 15.8. The first kappa shape index (κ1) is 129. The fourth-order valence-electron chi connectivity index (χ4n) is 15.8. The van der Waals surface area contributed by atoms with Gasteiger partial charge in [0.1, 0.15) is 0 Å². The first-order chi connectivity index (χ1) is 68.9. The maximum Gasteiger partial charge on any atom is 0.303 e. The third-order valence-corrected chi connectivity index (χ3v) is 23.9. The molecule has 794 valence electrons. The van der Waals surface area contributed by atoms with Crippen molar-refractivity contribution in [1.29, 1.82) is 0 Å². The van der Waals surface area contributed by atoms with E-state index in [1.807, 2.05) is 280 Å². The Morgan fingerprint density at radius 2 is 0.410 bits per heavy atom. The van der Waals surface area contributed by atoms with Crippen LogP contribution in [0, 0.1) is 34.6 Å². The molecule has 0 atom stereocenters. The molecule has 7 amide bonds. The van der Waals surface area contributed by atoms with Crippen LogP contribution in [0.4, 0.5) is 39.8 Å². The first-order valence-corrected chi connectivity index (χ1v) is 51.9. The number of anilines is 7. The Morgan fingerprint density at radius 1 is 0.208 bits per heavy atom. The summed E-state index contributed by atoms with van der Waals surface area (Å²) < 4.78 is 0. The molecule has 7 aromatic carbocycles. The summed E-state index contributed by atoms with van der Waals surface area (Å²) in [4.78, 5) is 171. The van der Waals surface area contributed by atoms with Gasteiger partial charge in [-0.3, -0.25) is 67.1 Å². The smallest absolute Gasteiger partial charge is 0.303 e. The molecule has 0 spiro atoms. The van der Waals surface area contributed by atoms with Gasteiger partial charge < -0.3 is 70.0 Å². The van der Waals surface area contributed by atoms with Crippen molar-refractivity contribution in [3.8, 4) is 0 Å². The number of carbonyl (C=O) groups is 14. The van der Waals surface area contributed by atoms with Crippen LogP contribution in [0.2, 0.25) is 0 Å². The van der Waals surface area contributed by atoms with Gasteiger partial charge in [-0.25, -0.2) is 0 Å². The van der Waals surface area contributed by atoms with Crippen LogP contribution in [-0.4, -0.2) is 165 Å². The van der Waals surface area contributed by atoms with Crippen molar-refractivity contribution in [2.24, 2.45) is 0 Å². The number of para-hydroxylation sites is 6. The van der Waals surface area contributed by atoms with Gasteiger partial charge >= 0.3 is 41.8 Å². The molecular weight excluding hydrogens is 1830 g/mol. The number of amides is 7. The second-order valence-corrected chi connectivity index (χ2v) is 36.1. The lowest BCUT2D eigenvalue weighted by molar-refractivity contribution is -0.138. The number of carbonyl (C=O) groups excluding carboxylic acids is 7. The lowest BCUT2D eigenvalue weighted by Gasteiger charge is -2.27. The number of hydrogen-bond donors (Lipinski definition) is 7. The van der Waals surface area contributed by atoms with Crippen LogP contribution in [-0.2, 0) is 67.1 Å². The van der Waals surface area contributed by atoms with Crippen molar-refractivity contribution in [2.75, 3.05) is 74.6 Å². The van der Waals surface area contributed by atoms with E-state index in [1.54, 1.807) is 26.6 Å². The van der Waals surface area contributed by atoms with Gasteiger partial charge in [0.25, 0.3) is 0 Å². The molecule has 28 nitrogen and oxygen atoms in total. The highest BCUT2D eigenvalue weighted by Crippen LogP contribution is 2.28. The van der Waals surface area contributed by atoms with Crippen LogP contribution in [0.5, 0.6) is 0 Å². The number of unbranched alkanes of at least 4 members (excludes halogenated alkanes) is 21. The van der Waals surface area contributed by atoms with E-state index in [-0.39, 0.29) is 92.3 Å². The molecule has 0 saturated carbocycles. The van der Waals surface area contributed by atoms with E-state index in [9.17, 15) is 67.1 Å². The molecule has 144 heavy (non-hydrogen) atoms. The minimum atomic E-state index is -0.808. The summed E-state index contributed by atoms with van der Waals surface area (Å²) in [6.45, 7) is 24.6. The third kappa shape index (κ3) is 59.9. The van der Waals surface area contributed by atoms with Gasteiger partial charge in [-0.15, -0.1) is 0 Å². The lowest BCUT2D eigenvalue weighted by Crippen LogP contribution is -2.36. The molecular formula is C116H169N7O21. The van der Waals surface area contributed by atoms with Gasteiger partial charge in [-0.1, -0.05) is 217 Å². The molecule has 7 N–H and O–H groups in total. The maximum absolute atomic E-state index is 12.4. The predicted octanol–water partition coefficient (Wildman–Crippen LogP) is 25.4. The summed E-state index contributed by atoms with van der Waals surface area (Å²) in [5.41, 5.74) is 12.2. The normalized spacial score (nSPS) is 10.4. The van der Waals surface area contributed by atoms with E-state index in [4.69, 9.17) is 35.7 Å². The Morgan fingerprint density at radius 3 is 0.674 bits per heavy atom. The largest absolute Gasteiger partial charge is 0.481 e. The van der Waals surface area contributed by atoms with E-state index < -0.39 is 41.8 Å². The van der Waals surface area contributed by atoms with Crippen molar-refractivity contribution < 1.29 is 103 Å². The highest BCUT2D eigenvalue weighted by atomic mass is 16.4. The Labute approximate surface area is 857 Å². The second-order valence-electron chi connectivity index (χ2n) is 36.1. The standard InChI is InChI=1S/C18H27NO3.4C17H25NO3.C16H23NO3.C14H19NO3/c1-3-19(16-12-10-9-11-15(16)2)17(20)13-7-5-4-6-8-14-18(21)22;1-14(2)18(15-10-6-5-7-11-15)16(19)12-8-3-4-9-13-17(20)21;1-14-10-8-9-11-15(14)18(2)16(19)12-6-4-3-5-7-13-17(20)21;1-14-10-12-15(13-11-14)18(2)16(19)8-6-4-3-5-7-9-17(20)21;1-3-18(15-11-9-8-10-14(15)2)16(19)12-6-4-5-7-13-17(20)21;1-3-17(14-10-8-7-9-13(14)2)15(18)11-5-4-6-12-16(19)20;1-2-15(12-8-4-3-5-9-12)13(16)10-6-7-11-14(17)18/h9-12H,3-8,13-14H2,1-2H3,(H,21,22);5-7,10-11,14H,3-4,8-9,12-13H2,1-2H3,(H,20,21);8-11H,3-7,12-13H2,1-2H3,(H,20,21);10-13H,3-9H2,1-2H3,(H,20,21);8-11H,3-7,12-13H2,1-2H3,(H,20,21);7-10H,3-6,11-12H2,1-2H3,(H,19,20);3-5,8-9H,2,6-7,10-11H2,1H3,(H,17,18). The van der Waals surface area contributed by atoms with Gasteiger partial charge in [0.15, 0.2) is 0 Å². The number of aryl methyl sites for hydroxylation is 5. The van der Waals surface area contributed by atoms with Crippen molar-refractivity contribution in [3.63, 3.8) is 0 Å². The molecule has 0 fully saturated rings. The Balaban J connectivity index is 0.000000841. The van der Waals surface area contributed by atoms with Crippen molar-refractivity contribution in [2.45, 2.75) is 352 Å². The van der Waals surface area contributed by atoms with E-state index >= 15 is 0 Å². The number of carboxylic acids is 7. The van der Waals surface area contributed by atoms with E-state index in [2.05, 4.69) is 0 Å². The summed E-state index contributed by atoms with van der Waals surface area (Å²) in [5, 5.41) is 59.8. The third-order valence-electron chi connectivity index (χ3n) is 23.9. The van der Waals surface area contributed by atoms with Gasteiger partial charge in [0.2, 0.25) is 41.4 Å². The molecule has 0 radical (unpaired) electrons. The lowest BCUT2D eigenvalue weighted by atomic mass is 10.1. The summed E-state index contributed by atoms with van der Waals surface area (Å²) in [6, 6.07) is 58.8. The van der Waals surface area contributed by atoms with Crippen molar-refractivity contribution in [1.82, 2.24) is 0 Å². The monoisotopic (exact) mass is 2000 g/mol. The molecule has 0 aliphatic rings. The number of hydrogen-bond acceptors (Lipinski definition) is 14. The minimum absolute atomic E-state index is 0.0501. The number of carboxylic acid groups (broad SMARTS) is 7. The zero-order chi connectivity index (χ0) is 107. The number of benzene rings is 7. The summed E-state index contributed by atoms with van der Waals surface area (Å²) >= 11 is 0. The van der Waals surface area contributed by atoms with E-state index in [1.165, 1.54) is 5.56 Å². The van der Waals surface area contributed by atoms with Crippen LogP contribution < -0.4 is 34.3 Å². The zero-order valence-electron chi connectivity index (χ0n) is 88.4. The number of aliphatic carboxylic acids is 7. The first-order valence-electron chi connectivity index (χ1n) is 51.9. The highest BCUT2D eigenvalue weighted by molar-refractivity contribution is 5.98. The molecule has 7 rings (SSSR count). The van der Waals surface area contributed by atoms with Gasteiger partial charge in [-0.2, -0.15) is 0 Å². The van der Waals surface area contributed by atoms with Crippen LogP contribution in [0.15, 0.2) is 182 Å². The summed E-state index contributed by atoms with van der Waals surface area (Å²) in [6.07, 6.45) is 28.4. The summed E-state index contributed by atoms with van der Waals surface area (Å²) in [7, 11) is 3.62. The molecule has 0 heterocycles. The Kier molecular flexibility index (Phi) is 71.3. The van der Waals surface area contributed by atoms with Crippen LogP contribution in [0.25, 0.3) is 0 Å². The van der Waals surface area contributed by atoms with Gasteiger partial charge in [0, 0.05) is 176 Å². The number of nitrogens with zero attached hydrogens (tertiary/aromatic N) is 7. The maximum atomic E-state index is 12.4. The van der Waals surface area contributed by atoms with Gasteiger partial charge in [0.05, 0.1) is 0 Å². The average molecular weight is 2000 g/mol. The van der Waals surface area contributed by atoms with Crippen molar-refractivity contribution in [3.05, 3.63) is 210 Å². The van der Waals surface area contributed by atoms with Crippen LogP contribution >= 0.6 is 0 Å². The molecule has 28 heteroatoms. The van der Waals surface area contributed by atoms with Gasteiger partial charge in [-0.05, 0) is 249 Å². The van der Waals surface area contributed by atoms with Crippen LogP contribution in [0.1, 0.15) is 339 Å². The fraction of sp³-hybridized carbons (Fsp3) is 0.517. The number of rotatable bonds is 61. The topological polar surface area (TPSA) is 403 Å². The SMILES string of the molecule is CC(C)N(C(=O)CCCCCCC(=O)O)c1ccccc1.CCN(C(=O)CCCCC(=O)O)c1ccccc1.CCN(C(=O)CCCCCC(=O)O)c1ccccc1C.CCN(C(=O)CCCCCCC(=O)O)c1ccccc1C.CCN(C(=O)CCCCCCCC(=O)O)c1ccccc1C.Cc1ccc(N(C)C(=O)CCCCCCCC(=O)O)cc1.Cc1ccccc1N(C)C(=O)CCCCCCCC(=O)O. The minimum Gasteiger partial charge on any atom is -0.481 e. The summed E-state index contributed by atoms with van der Waals surface area (Å²) in [5.74, 6) is -4.40. The molecule has 0 aliphatic carbocycles.